The number of carbonyl (C=O) groups excluding carboxylic acids is 2. The summed E-state index contributed by atoms with van der Waals surface area (Å²) in [4.78, 5) is 33.5. The van der Waals surface area contributed by atoms with Gasteiger partial charge in [-0.3, -0.25) is 4.79 Å². The van der Waals surface area contributed by atoms with Crippen LogP contribution in [-0.4, -0.2) is 29.1 Å². The van der Waals surface area contributed by atoms with Crippen LogP contribution in [0, 0.1) is 0 Å². The monoisotopic (exact) mass is 279 g/mol. The fourth-order valence-corrected chi connectivity index (χ4v) is 1.63. The van der Waals surface area contributed by atoms with Gasteiger partial charge in [0.15, 0.2) is 0 Å². The van der Waals surface area contributed by atoms with Gasteiger partial charge in [-0.15, -0.1) is 0 Å². The number of amides is 3. The number of nitrogens with one attached hydrogen (secondary N) is 2. The fourth-order valence-electron chi connectivity index (χ4n) is 1.63. The van der Waals surface area contributed by atoms with Crippen molar-refractivity contribution in [1.82, 2.24) is 5.32 Å². The van der Waals surface area contributed by atoms with Gasteiger partial charge in [-0.1, -0.05) is 13.3 Å². The number of urea groups is 1. The lowest BCUT2D eigenvalue weighted by Gasteiger charge is -2.13. The molecule has 0 aromatic heterocycles. The van der Waals surface area contributed by atoms with Crippen LogP contribution in [-0.2, 0) is 4.79 Å². The molecule has 0 aliphatic carbocycles. The maximum absolute atomic E-state index is 11.9. The predicted octanol–water partition coefficient (Wildman–Crippen LogP) is 1.16. The van der Waals surface area contributed by atoms with E-state index < -0.39 is 23.9 Å². The second-order valence-electron chi connectivity index (χ2n) is 4.22. The Morgan fingerprint density at radius 3 is 2.30 bits per heavy atom. The number of primary amides is 1. The van der Waals surface area contributed by atoms with Gasteiger partial charge >= 0.3 is 12.0 Å². The lowest BCUT2D eigenvalue weighted by Crippen LogP contribution is -2.40. The summed E-state index contributed by atoms with van der Waals surface area (Å²) in [5.74, 6) is -1.54. The van der Waals surface area contributed by atoms with Crippen LogP contribution in [0.1, 0.15) is 30.1 Å². The Labute approximate surface area is 116 Å². The minimum absolute atomic E-state index is 0.308. The largest absolute Gasteiger partial charge is 0.480 e. The molecule has 0 heterocycles. The third-order valence-electron chi connectivity index (χ3n) is 2.60. The van der Waals surface area contributed by atoms with Crippen LogP contribution in [0.2, 0.25) is 0 Å². The molecule has 108 valence electrons. The van der Waals surface area contributed by atoms with Crippen LogP contribution in [0.5, 0.6) is 0 Å². The van der Waals surface area contributed by atoms with Crippen LogP contribution >= 0.6 is 0 Å². The number of carbonyl (C=O) groups is 3. The van der Waals surface area contributed by atoms with Crippen molar-refractivity contribution in [2.24, 2.45) is 5.73 Å². The molecule has 0 aliphatic heterocycles. The van der Waals surface area contributed by atoms with Crippen molar-refractivity contribution in [3.05, 3.63) is 29.8 Å². The number of carboxylic acids is 1. The molecule has 0 saturated carbocycles. The Hall–Kier alpha value is -2.57. The fraction of sp³-hybridized carbons (Fsp3) is 0.308. The van der Waals surface area contributed by atoms with Gasteiger partial charge < -0.3 is 21.5 Å². The first-order valence-electron chi connectivity index (χ1n) is 6.14. The molecule has 1 aromatic rings. The molecular formula is C13H17N3O4. The Balaban J connectivity index is 2.71. The topological polar surface area (TPSA) is 122 Å². The molecule has 5 N–H and O–H groups in total. The van der Waals surface area contributed by atoms with Gasteiger partial charge in [-0.2, -0.15) is 0 Å². The highest BCUT2D eigenvalue weighted by Gasteiger charge is 2.19. The van der Waals surface area contributed by atoms with Crippen LogP contribution in [0.25, 0.3) is 0 Å². The molecule has 7 nitrogen and oxygen atoms in total. The molecule has 0 bridgehead atoms. The van der Waals surface area contributed by atoms with Gasteiger partial charge in [-0.05, 0) is 30.7 Å². The van der Waals surface area contributed by atoms with E-state index in [2.05, 4.69) is 10.6 Å². The lowest BCUT2D eigenvalue weighted by atomic mass is 10.1. The third kappa shape index (κ3) is 4.60. The Kier molecular flexibility index (Phi) is 5.52. The van der Waals surface area contributed by atoms with E-state index in [0.29, 0.717) is 24.1 Å². The average molecular weight is 279 g/mol. The minimum Gasteiger partial charge on any atom is -0.480 e. The number of rotatable bonds is 6. The Morgan fingerprint density at radius 2 is 1.85 bits per heavy atom. The van der Waals surface area contributed by atoms with Gasteiger partial charge in [0, 0.05) is 11.3 Å². The van der Waals surface area contributed by atoms with E-state index in [1.807, 2.05) is 6.92 Å². The molecule has 1 rings (SSSR count). The quantitative estimate of drug-likeness (QED) is 0.624. The maximum atomic E-state index is 11.9. The van der Waals surface area contributed by atoms with E-state index in [1.165, 1.54) is 24.3 Å². The van der Waals surface area contributed by atoms with E-state index in [0.717, 1.165) is 0 Å². The maximum Gasteiger partial charge on any atom is 0.326 e. The smallest absolute Gasteiger partial charge is 0.326 e. The van der Waals surface area contributed by atoms with Crippen LogP contribution in [0.3, 0.4) is 0 Å². The summed E-state index contributed by atoms with van der Waals surface area (Å²) in [6.07, 6.45) is 1.01. The zero-order valence-corrected chi connectivity index (χ0v) is 11.1. The lowest BCUT2D eigenvalue weighted by molar-refractivity contribution is -0.139. The van der Waals surface area contributed by atoms with Crippen LogP contribution in [0.4, 0.5) is 10.5 Å². The van der Waals surface area contributed by atoms with Crippen LogP contribution in [0.15, 0.2) is 24.3 Å². The van der Waals surface area contributed by atoms with Crippen molar-refractivity contribution in [3.8, 4) is 0 Å². The Morgan fingerprint density at radius 1 is 1.25 bits per heavy atom. The molecule has 20 heavy (non-hydrogen) atoms. The van der Waals surface area contributed by atoms with Crippen LogP contribution < -0.4 is 16.4 Å². The standard InChI is InChI=1S/C13H17N3O4/c1-2-3-10(12(18)19)16-11(17)8-4-6-9(7-5-8)15-13(14)20/h4-7,10H,2-3H2,1H3,(H,16,17)(H,18,19)(H3,14,15,20)/t10-/m1/s1. The highest BCUT2D eigenvalue weighted by atomic mass is 16.4. The summed E-state index contributed by atoms with van der Waals surface area (Å²) in [6.45, 7) is 1.84. The first kappa shape index (κ1) is 15.5. The third-order valence-corrected chi connectivity index (χ3v) is 2.60. The van der Waals surface area contributed by atoms with E-state index in [-0.39, 0.29) is 0 Å². The van der Waals surface area contributed by atoms with E-state index in [9.17, 15) is 14.4 Å². The SMILES string of the molecule is CCC[C@@H](NC(=O)c1ccc(NC(N)=O)cc1)C(=O)O. The summed E-state index contributed by atoms with van der Waals surface area (Å²) in [7, 11) is 0. The van der Waals surface area contributed by atoms with E-state index in [4.69, 9.17) is 10.8 Å². The summed E-state index contributed by atoms with van der Waals surface area (Å²) in [5, 5.41) is 13.8. The molecule has 0 saturated heterocycles. The molecule has 0 unspecified atom stereocenters. The van der Waals surface area contributed by atoms with Gasteiger partial charge in [0.1, 0.15) is 6.04 Å². The summed E-state index contributed by atoms with van der Waals surface area (Å²) in [5.41, 5.74) is 5.72. The molecule has 0 fully saturated rings. The highest BCUT2D eigenvalue weighted by Crippen LogP contribution is 2.10. The molecule has 1 aromatic carbocycles. The molecule has 1 atom stereocenters. The van der Waals surface area contributed by atoms with E-state index >= 15 is 0 Å². The number of hydrogen-bond acceptors (Lipinski definition) is 3. The van der Waals surface area contributed by atoms with Crippen molar-refractivity contribution in [2.45, 2.75) is 25.8 Å². The highest BCUT2D eigenvalue weighted by molar-refractivity contribution is 5.97. The predicted molar refractivity (Wildman–Crippen MR) is 73.4 cm³/mol. The molecule has 0 aliphatic rings. The zero-order valence-electron chi connectivity index (χ0n) is 11.1. The van der Waals surface area contributed by atoms with Crippen molar-refractivity contribution in [3.63, 3.8) is 0 Å². The molecule has 7 heteroatoms. The molecule has 0 radical (unpaired) electrons. The number of nitrogens with two attached hydrogens (primary N) is 1. The Bertz CT molecular complexity index is 499. The number of hydrogen-bond donors (Lipinski definition) is 4. The average Bonchev–Trinajstić information content (AvgIpc) is 2.38. The van der Waals surface area contributed by atoms with Crippen molar-refractivity contribution in [1.29, 1.82) is 0 Å². The van der Waals surface area contributed by atoms with Gasteiger partial charge in [0.2, 0.25) is 0 Å². The number of benzene rings is 1. The van der Waals surface area contributed by atoms with Gasteiger partial charge in [0.25, 0.3) is 5.91 Å². The number of aliphatic carboxylic acids is 1. The van der Waals surface area contributed by atoms with Crippen molar-refractivity contribution >= 4 is 23.6 Å². The van der Waals surface area contributed by atoms with Gasteiger partial charge in [-0.25, -0.2) is 9.59 Å². The molecule has 0 spiro atoms. The van der Waals surface area contributed by atoms with Crippen molar-refractivity contribution in [2.75, 3.05) is 5.32 Å². The normalized spacial score (nSPS) is 11.4. The van der Waals surface area contributed by atoms with Gasteiger partial charge in [0.05, 0.1) is 0 Å². The first-order valence-corrected chi connectivity index (χ1v) is 6.14. The first-order chi connectivity index (χ1) is 9.43. The summed E-state index contributed by atoms with van der Waals surface area (Å²) in [6, 6.07) is 4.37. The second kappa shape index (κ2) is 7.13. The number of carboxylic acid groups (broad SMARTS) is 1. The van der Waals surface area contributed by atoms with Crippen molar-refractivity contribution < 1.29 is 19.5 Å². The number of anilines is 1. The second-order valence-corrected chi connectivity index (χ2v) is 4.22. The molecular weight excluding hydrogens is 262 g/mol. The van der Waals surface area contributed by atoms with E-state index in [1.54, 1.807) is 0 Å². The summed E-state index contributed by atoms with van der Waals surface area (Å²) >= 11 is 0. The zero-order chi connectivity index (χ0) is 15.1. The summed E-state index contributed by atoms with van der Waals surface area (Å²) < 4.78 is 0. The minimum atomic E-state index is -1.06. The molecule has 3 amide bonds.